The van der Waals surface area contributed by atoms with Crippen LogP contribution in [-0.4, -0.2) is 28.3 Å². The number of carbonyl (C=O) groups excluding carboxylic acids is 1. The van der Waals surface area contributed by atoms with Crippen LogP contribution in [0.5, 0.6) is 0 Å². The largest absolute Gasteiger partial charge is 0.325 e. The normalized spacial score (nSPS) is 17.2. The van der Waals surface area contributed by atoms with Gasteiger partial charge in [0.2, 0.25) is 5.91 Å². The second kappa shape index (κ2) is 6.01. The van der Waals surface area contributed by atoms with Crippen molar-refractivity contribution in [1.82, 2.24) is 0 Å². The molecule has 0 saturated heterocycles. The highest BCUT2D eigenvalue weighted by molar-refractivity contribution is 8.39. The zero-order chi connectivity index (χ0) is 13.1. The number of nitrogens with zero attached hydrogens (tertiary/aromatic N) is 1. The standard InChI is InChI=1S/C14H16N2OS2/c17-13(9-19-14-15-6-7-18-14)16-12-5-4-10-2-1-3-11(10)8-12/h4-5,8H,1-3,6-7,9H2,(H,16,17). The fourth-order valence-corrected chi connectivity index (χ4v) is 4.19. The van der Waals surface area contributed by atoms with Crippen LogP contribution in [0.15, 0.2) is 23.2 Å². The molecule has 3 nitrogen and oxygen atoms in total. The Balaban J connectivity index is 1.54. The molecule has 5 heteroatoms. The smallest absolute Gasteiger partial charge is 0.234 e. The molecule has 19 heavy (non-hydrogen) atoms. The van der Waals surface area contributed by atoms with Gasteiger partial charge in [0.25, 0.3) is 0 Å². The molecule has 1 aliphatic carbocycles. The lowest BCUT2D eigenvalue weighted by Crippen LogP contribution is -2.14. The van der Waals surface area contributed by atoms with E-state index in [1.54, 1.807) is 11.8 Å². The van der Waals surface area contributed by atoms with Gasteiger partial charge in [0.15, 0.2) is 0 Å². The van der Waals surface area contributed by atoms with E-state index in [0.29, 0.717) is 5.75 Å². The van der Waals surface area contributed by atoms with Crippen molar-refractivity contribution >= 4 is 39.5 Å². The number of nitrogens with one attached hydrogen (secondary N) is 1. The Labute approximate surface area is 121 Å². The van der Waals surface area contributed by atoms with E-state index in [2.05, 4.69) is 22.4 Å². The molecule has 0 bridgehead atoms. The number of amides is 1. The fourth-order valence-electron chi connectivity index (χ4n) is 2.38. The molecule has 0 radical (unpaired) electrons. The average Bonchev–Trinajstić information content (AvgIpc) is 3.07. The van der Waals surface area contributed by atoms with Crippen molar-refractivity contribution in [2.45, 2.75) is 19.3 Å². The minimum Gasteiger partial charge on any atom is -0.325 e. The molecular weight excluding hydrogens is 276 g/mol. The molecule has 0 unspecified atom stereocenters. The minimum atomic E-state index is 0.0538. The van der Waals surface area contributed by atoms with Gasteiger partial charge in [0.05, 0.1) is 12.3 Å². The predicted octanol–water partition coefficient (Wildman–Crippen LogP) is 2.95. The molecule has 0 saturated carbocycles. The second-order valence-corrected chi connectivity index (χ2v) is 6.98. The number of benzene rings is 1. The summed E-state index contributed by atoms with van der Waals surface area (Å²) in [7, 11) is 0. The molecule has 0 spiro atoms. The molecule has 1 heterocycles. The Morgan fingerprint density at radius 3 is 3.11 bits per heavy atom. The van der Waals surface area contributed by atoms with Crippen LogP contribution in [0.25, 0.3) is 0 Å². The van der Waals surface area contributed by atoms with Gasteiger partial charge in [-0.05, 0) is 42.5 Å². The molecular formula is C14H16N2OS2. The molecule has 1 aliphatic heterocycles. The monoisotopic (exact) mass is 292 g/mol. The SMILES string of the molecule is O=C(CSC1=NCCS1)Nc1ccc2c(c1)CCC2. The topological polar surface area (TPSA) is 41.5 Å². The first-order valence-electron chi connectivity index (χ1n) is 6.53. The zero-order valence-electron chi connectivity index (χ0n) is 10.6. The van der Waals surface area contributed by atoms with Crippen LogP contribution in [0, 0.1) is 0 Å². The van der Waals surface area contributed by atoms with Gasteiger partial charge in [0.1, 0.15) is 4.38 Å². The fraction of sp³-hybridized carbons (Fsp3) is 0.429. The summed E-state index contributed by atoms with van der Waals surface area (Å²) in [4.78, 5) is 16.2. The third-order valence-electron chi connectivity index (χ3n) is 3.27. The van der Waals surface area contributed by atoms with Crippen molar-refractivity contribution in [2.24, 2.45) is 4.99 Å². The number of hydrogen-bond donors (Lipinski definition) is 1. The lowest BCUT2D eigenvalue weighted by molar-refractivity contribution is -0.113. The summed E-state index contributed by atoms with van der Waals surface area (Å²) in [6, 6.07) is 6.27. The van der Waals surface area contributed by atoms with Gasteiger partial charge in [0, 0.05) is 11.4 Å². The molecule has 0 atom stereocenters. The van der Waals surface area contributed by atoms with Crippen LogP contribution >= 0.6 is 23.5 Å². The molecule has 100 valence electrons. The molecule has 1 amide bonds. The summed E-state index contributed by atoms with van der Waals surface area (Å²) in [5.74, 6) is 1.55. The van der Waals surface area contributed by atoms with Crippen LogP contribution in [0.4, 0.5) is 5.69 Å². The lowest BCUT2D eigenvalue weighted by Gasteiger charge is -2.07. The molecule has 1 N–H and O–H groups in total. The van der Waals surface area contributed by atoms with E-state index < -0.39 is 0 Å². The van der Waals surface area contributed by atoms with Crippen molar-refractivity contribution < 1.29 is 4.79 Å². The van der Waals surface area contributed by atoms with Crippen LogP contribution < -0.4 is 5.32 Å². The highest BCUT2D eigenvalue weighted by atomic mass is 32.2. The molecule has 0 fully saturated rings. The van der Waals surface area contributed by atoms with Crippen molar-refractivity contribution in [3.8, 4) is 0 Å². The maximum Gasteiger partial charge on any atom is 0.234 e. The van der Waals surface area contributed by atoms with Crippen molar-refractivity contribution in [1.29, 1.82) is 0 Å². The summed E-state index contributed by atoms with van der Waals surface area (Å²) < 4.78 is 1.05. The first kappa shape index (κ1) is 13.1. The van der Waals surface area contributed by atoms with Crippen LogP contribution in [-0.2, 0) is 17.6 Å². The first-order valence-corrected chi connectivity index (χ1v) is 8.50. The number of aryl methyl sites for hydroxylation is 2. The Morgan fingerprint density at radius 1 is 1.37 bits per heavy atom. The lowest BCUT2D eigenvalue weighted by atomic mass is 10.1. The van der Waals surface area contributed by atoms with Crippen LogP contribution in [0.1, 0.15) is 17.5 Å². The quantitative estimate of drug-likeness (QED) is 0.931. The maximum atomic E-state index is 11.9. The van der Waals surface area contributed by atoms with Gasteiger partial charge in [-0.25, -0.2) is 0 Å². The van der Waals surface area contributed by atoms with Crippen LogP contribution in [0.3, 0.4) is 0 Å². The molecule has 3 rings (SSSR count). The van der Waals surface area contributed by atoms with E-state index in [1.165, 1.54) is 35.7 Å². The van der Waals surface area contributed by atoms with Crippen LogP contribution in [0.2, 0.25) is 0 Å². The molecule has 2 aliphatic rings. The minimum absolute atomic E-state index is 0.0538. The summed E-state index contributed by atoms with van der Waals surface area (Å²) >= 11 is 3.28. The predicted molar refractivity (Wildman–Crippen MR) is 84.3 cm³/mol. The van der Waals surface area contributed by atoms with E-state index >= 15 is 0 Å². The van der Waals surface area contributed by atoms with E-state index in [-0.39, 0.29) is 5.91 Å². The van der Waals surface area contributed by atoms with Crippen molar-refractivity contribution in [3.05, 3.63) is 29.3 Å². The number of aliphatic imine (C=N–C) groups is 1. The number of thioether (sulfide) groups is 2. The van der Waals surface area contributed by atoms with Crippen molar-refractivity contribution in [2.75, 3.05) is 23.4 Å². The third-order valence-corrected chi connectivity index (χ3v) is 5.52. The van der Waals surface area contributed by atoms with Gasteiger partial charge in [-0.1, -0.05) is 29.6 Å². The highest BCUT2D eigenvalue weighted by Crippen LogP contribution is 2.25. The van der Waals surface area contributed by atoms with Crippen molar-refractivity contribution in [3.63, 3.8) is 0 Å². The summed E-state index contributed by atoms with van der Waals surface area (Å²) in [6.07, 6.45) is 3.55. The van der Waals surface area contributed by atoms with E-state index in [0.717, 1.165) is 28.8 Å². The highest BCUT2D eigenvalue weighted by Gasteiger charge is 2.13. The molecule has 1 aromatic rings. The zero-order valence-corrected chi connectivity index (χ0v) is 12.3. The number of carbonyl (C=O) groups is 1. The Kier molecular flexibility index (Phi) is 4.13. The number of anilines is 1. The van der Waals surface area contributed by atoms with E-state index in [1.807, 2.05) is 6.07 Å². The number of fused-ring (bicyclic) bond motifs is 1. The number of hydrogen-bond acceptors (Lipinski definition) is 4. The maximum absolute atomic E-state index is 11.9. The summed E-state index contributed by atoms with van der Waals surface area (Å²) in [5, 5.41) is 2.97. The summed E-state index contributed by atoms with van der Waals surface area (Å²) in [6.45, 7) is 0.888. The second-order valence-electron chi connectivity index (χ2n) is 4.67. The first-order chi connectivity index (χ1) is 9.31. The van der Waals surface area contributed by atoms with E-state index in [4.69, 9.17) is 0 Å². The summed E-state index contributed by atoms with van der Waals surface area (Å²) in [5.41, 5.74) is 3.75. The Morgan fingerprint density at radius 2 is 2.26 bits per heavy atom. The van der Waals surface area contributed by atoms with Gasteiger partial charge in [-0.15, -0.1) is 0 Å². The van der Waals surface area contributed by atoms with E-state index in [9.17, 15) is 4.79 Å². The van der Waals surface area contributed by atoms with Gasteiger partial charge >= 0.3 is 0 Å². The average molecular weight is 292 g/mol. The molecule has 1 aromatic carbocycles. The van der Waals surface area contributed by atoms with Gasteiger partial charge < -0.3 is 5.32 Å². The van der Waals surface area contributed by atoms with Gasteiger partial charge in [-0.2, -0.15) is 0 Å². The Bertz CT molecular complexity index is 528. The molecule has 0 aromatic heterocycles. The Hall–Kier alpha value is -0.940. The number of rotatable bonds is 3. The third kappa shape index (κ3) is 3.34. The van der Waals surface area contributed by atoms with Gasteiger partial charge in [-0.3, -0.25) is 9.79 Å².